The van der Waals surface area contributed by atoms with Crippen molar-refractivity contribution in [3.63, 3.8) is 0 Å². The number of rotatable bonds is 3. The third-order valence-electron chi connectivity index (χ3n) is 2.36. The van der Waals surface area contributed by atoms with Crippen molar-refractivity contribution in [2.75, 3.05) is 25.0 Å². The zero-order valence-corrected chi connectivity index (χ0v) is 8.86. The smallest absolute Gasteiger partial charge is 0.320 e. The molecule has 0 radical (unpaired) electrons. The van der Waals surface area contributed by atoms with Crippen molar-refractivity contribution in [2.24, 2.45) is 5.92 Å². The molecule has 1 saturated heterocycles. The monoisotopic (exact) mass is 221 g/mol. The largest absolute Gasteiger partial charge is 0.337 e. The van der Waals surface area contributed by atoms with Crippen LogP contribution < -0.4 is 21.5 Å². The van der Waals surface area contributed by atoms with Crippen LogP contribution in [0.2, 0.25) is 0 Å². The summed E-state index contributed by atoms with van der Waals surface area (Å²) in [5, 5.41) is 5.47. The zero-order chi connectivity index (χ0) is 11.2. The minimum absolute atomic E-state index is 0.217. The van der Waals surface area contributed by atoms with Gasteiger partial charge in [-0.1, -0.05) is 6.07 Å². The Hall–Kier alpha value is -1.66. The predicted octanol–water partition coefficient (Wildman–Crippen LogP) is -0.0729. The van der Waals surface area contributed by atoms with Crippen LogP contribution in [0.3, 0.4) is 0 Å². The molecule has 1 aromatic rings. The highest BCUT2D eigenvalue weighted by molar-refractivity contribution is 5.88. The zero-order valence-electron chi connectivity index (χ0n) is 8.86. The van der Waals surface area contributed by atoms with Crippen LogP contribution in [0.25, 0.3) is 0 Å². The molecule has 2 amide bonds. The Bertz CT molecular complexity index is 336. The molecule has 0 unspecified atom stereocenters. The molecule has 1 aliphatic rings. The van der Waals surface area contributed by atoms with E-state index < -0.39 is 0 Å². The van der Waals surface area contributed by atoms with Crippen LogP contribution in [-0.2, 0) is 0 Å². The summed E-state index contributed by atoms with van der Waals surface area (Å²) in [6.45, 7) is 2.41. The molecule has 4 N–H and O–H groups in total. The number of amides is 2. The molecule has 2 rings (SSSR count). The third-order valence-corrected chi connectivity index (χ3v) is 2.36. The molecule has 1 aromatic heterocycles. The normalized spacial score (nSPS) is 16.0. The fourth-order valence-electron chi connectivity index (χ4n) is 1.48. The molecule has 0 aromatic carbocycles. The Balaban J connectivity index is 1.72. The van der Waals surface area contributed by atoms with E-state index in [1.165, 1.54) is 0 Å². The first-order valence-corrected chi connectivity index (χ1v) is 5.26. The minimum atomic E-state index is -0.217. The van der Waals surface area contributed by atoms with Gasteiger partial charge in [-0.05, 0) is 12.1 Å². The van der Waals surface area contributed by atoms with Gasteiger partial charge in [-0.25, -0.2) is 9.78 Å². The average Bonchev–Trinajstić information content (AvgIpc) is 2.81. The van der Waals surface area contributed by atoms with Crippen LogP contribution >= 0.6 is 0 Å². The Morgan fingerprint density at radius 3 is 2.94 bits per heavy atom. The predicted molar refractivity (Wildman–Crippen MR) is 60.8 cm³/mol. The number of carbonyl (C=O) groups excluding carboxylic acids is 1. The van der Waals surface area contributed by atoms with Gasteiger partial charge in [-0.15, -0.1) is 0 Å². The second-order valence-electron chi connectivity index (χ2n) is 3.68. The van der Waals surface area contributed by atoms with Crippen LogP contribution in [-0.4, -0.2) is 30.6 Å². The maximum absolute atomic E-state index is 11.5. The van der Waals surface area contributed by atoms with E-state index in [2.05, 4.69) is 26.5 Å². The molecule has 6 heteroatoms. The van der Waals surface area contributed by atoms with Gasteiger partial charge >= 0.3 is 6.03 Å². The van der Waals surface area contributed by atoms with E-state index in [4.69, 9.17) is 0 Å². The first-order valence-electron chi connectivity index (χ1n) is 5.26. The van der Waals surface area contributed by atoms with E-state index in [0.717, 1.165) is 13.1 Å². The first-order chi connectivity index (χ1) is 7.84. The number of hydrazine groups is 1. The maximum Gasteiger partial charge on any atom is 0.320 e. The number of pyridine rings is 1. The number of nitrogens with one attached hydrogen (secondary N) is 4. The summed E-state index contributed by atoms with van der Waals surface area (Å²) >= 11 is 0. The van der Waals surface area contributed by atoms with Crippen LogP contribution in [0.4, 0.5) is 10.6 Å². The SMILES string of the molecule is O=C(NCC1CNNC1)Nc1ccccn1. The lowest BCUT2D eigenvalue weighted by atomic mass is 10.2. The summed E-state index contributed by atoms with van der Waals surface area (Å²) in [4.78, 5) is 15.5. The van der Waals surface area contributed by atoms with Gasteiger partial charge in [0.1, 0.15) is 5.82 Å². The number of anilines is 1. The molecule has 0 spiro atoms. The number of hydrogen-bond acceptors (Lipinski definition) is 4. The van der Waals surface area contributed by atoms with Crippen molar-refractivity contribution in [1.29, 1.82) is 0 Å². The Morgan fingerprint density at radius 1 is 1.44 bits per heavy atom. The van der Waals surface area contributed by atoms with Crippen molar-refractivity contribution in [3.8, 4) is 0 Å². The average molecular weight is 221 g/mol. The van der Waals surface area contributed by atoms with Crippen molar-refractivity contribution in [3.05, 3.63) is 24.4 Å². The van der Waals surface area contributed by atoms with Crippen LogP contribution in [0, 0.1) is 5.92 Å². The lowest BCUT2D eigenvalue weighted by Crippen LogP contribution is -2.34. The van der Waals surface area contributed by atoms with Crippen molar-refractivity contribution >= 4 is 11.8 Å². The first kappa shape index (κ1) is 10.8. The van der Waals surface area contributed by atoms with Gasteiger partial charge < -0.3 is 5.32 Å². The van der Waals surface area contributed by atoms with E-state index in [9.17, 15) is 4.79 Å². The van der Waals surface area contributed by atoms with Gasteiger partial charge in [-0.3, -0.25) is 16.2 Å². The van der Waals surface area contributed by atoms with Crippen molar-refractivity contribution in [1.82, 2.24) is 21.2 Å². The molecule has 0 saturated carbocycles. The summed E-state index contributed by atoms with van der Waals surface area (Å²) < 4.78 is 0. The van der Waals surface area contributed by atoms with E-state index in [0.29, 0.717) is 18.3 Å². The maximum atomic E-state index is 11.5. The molecule has 1 fully saturated rings. The highest BCUT2D eigenvalue weighted by atomic mass is 16.2. The Morgan fingerprint density at radius 2 is 2.25 bits per heavy atom. The Labute approximate surface area is 93.8 Å². The Kier molecular flexibility index (Phi) is 3.68. The van der Waals surface area contributed by atoms with E-state index in [1.54, 1.807) is 18.3 Å². The summed E-state index contributed by atoms with van der Waals surface area (Å²) in [6, 6.07) is 5.16. The summed E-state index contributed by atoms with van der Waals surface area (Å²) in [6.07, 6.45) is 1.64. The van der Waals surface area contributed by atoms with Gasteiger partial charge in [0.2, 0.25) is 0 Å². The minimum Gasteiger partial charge on any atom is -0.337 e. The van der Waals surface area contributed by atoms with Gasteiger partial charge in [0.05, 0.1) is 0 Å². The van der Waals surface area contributed by atoms with E-state index in [-0.39, 0.29) is 6.03 Å². The van der Waals surface area contributed by atoms with Gasteiger partial charge in [-0.2, -0.15) is 0 Å². The number of aromatic nitrogens is 1. The van der Waals surface area contributed by atoms with Gasteiger partial charge in [0.15, 0.2) is 0 Å². The van der Waals surface area contributed by atoms with Crippen molar-refractivity contribution < 1.29 is 4.79 Å². The summed E-state index contributed by atoms with van der Waals surface area (Å²) in [5.41, 5.74) is 6.02. The second kappa shape index (κ2) is 5.43. The molecular weight excluding hydrogens is 206 g/mol. The number of hydrogen-bond donors (Lipinski definition) is 4. The molecule has 0 bridgehead atoms. The molecule has 2 heterocycles. The van der Waals surface area contributed by atoms with Crippen LogP contribution in [0.1, 0.15) is 0 Å². The highest BCUT2D eigenvalue weighted by Crippen LogP contribution is 1.99. The number of urea groups is 1. The number of nitrogens with zero attached hydrogens (tertiary/aromatic N) is 1. The molecule has 1 aliphatic heterocycles. The molecule has 0 aliphatic carbocycles. The topological polar surface area (TPSA) is 78.1 Å². The summed E-state index contributed by atoms with van der Waals surface area (Å²) in [5.74, 6) is 0.997. The van der Waals surface area contributed by atoms with Crippen LogP contribution in [0.15, 0.2) is 24.4 Å². The molecule has 6 nitrogen and oxygen atoms in total. The highest BCUT2D eigenvalue weighted by Gasteiger charge is 2.14. The van der Waals surface area contributed by atoms with Crippen LogP contribution in [0.5, 0.6) is 0 Å². The third kappa shape index (κ3) is 3.18. The lowest BCUT2D eigenvalue weighted by molar-refractivity contribution is 0.250. The lowest BCUT2D eigenvalue weighted by Gasteiger charge is -2.09. The van der Waals surface area contributed by atoms with Gasteiger partial charge in [0.25, 0.3) is 0 Å². The van der Waals surface area contributed by atoms with E-state index in [1.807, 2.05) is 6.07 Å². The van der Waals surface area contributed by atoms with E-state index >= 15 is 0 Å². The fourth-order valence-corrected chi connectivity index (χ4v) is 1.48. The second-order valence-corrected chi connectivity index (χ2v) is 3.68. The molecule has 16 heavy (non-hydrogen) atoms. The van der Waals surface area contributed by atoms with Gasteiger partial charge in [0, 0.05) is 31.7 Å². The number of carbonyl (C=O) groups is 1. The van der Waals surface area contributed by atoms with Crippen molar-refractivity contribution in [2.45, 2.75) is 0 Å². The summed E-state index contributed by atoms with van der Waals surface area (Å²) in [7, 11) is 0. The quantitative estimate of drug-likeness (QED) is 0.576. The standard InChI is InChI=1S/C10H15N5O/c16-10(12-5-8-6-13-14-7-8)15-9-3-1-2-4-11-9/h1-4,8,13-14H,5-7H2,(H2,11,12,15,16). The molecule has 86 valence electrons. The molecular formula is C10H15N5O. The fraction of sp³-hybridized carbons (Fsp3) is 0.400. The molecule has 0 atom stereocenters.